The molecule has 0 aromatic carbocycles. The number of amides is 1. The highest BCUT2D eigenvalue weighted by molar-refractivity contribution is 8.00. The maximum atomic E-state index is 12.4. The lowest BCUT2D eigenvalue weighted by Gasteiger charge is -2.29. The van der Waals surface area contributed by atoms with Crippen molar-refractivity contribution in [2.24, 2.45) is 5.92 Å². The van der Waals surface area contributed by atoms with Gasteiger partial charge < -0.3 is 10.0 Å². The molecular weight excluding hydrogens is 240 g/mol. The maximum Gasteiger partial charge on any atom is 0.327 e. The van der Waals surface area contributed by atoms with Crippen LogP contribution in [0.1, 0.15) is 13.8 Å². The number of hydrogen-bond acceptors (Lipinski definition) is 3. The Balaban J connectivity index is 2.93. The third-order valence-corrected chi connectivity index (χ3v) is 3.95. The quantitative estimate of drug-likeness (QED) is 0.822. The molecule has 1 aliphatic rings. The fourth-order valence-electron chi connectivity index (χ4n) is 1.62. The highest BCUT2D eigenvalue weighted by Gasteiger charge is 2.45. The zero-order valence-electron chi connectivity index (χ0n) is 8.89. The highest BCUT2D eigenvalue weighted by atomic mass is 32.2. The predicted octanol–water partition coefficient (Wildman–Crippen LogP) is 1.26. The predicted molar refractivity (Wildman–Crippen MR) is 55.4 cm³/mol. The van der Waals surface area contributed by atoms with E-state index in [0.29, 0.717) is 0 Å². The van der Waals surface area contributed by atoms with Crippen molar-refractivity contribution >= 4 is 23.6 Å². The third-order valence-electron chi connectivity index (χ3n) is 2.33. The van der Waals surface area contributed by atoms with Gasteiger partial charge in [0.05, 0.1) is 5.37 Å². The Labute approximate surface area is 96.0 Å². The molecule has 0 aliphatic carbocycles. The summed E-state index contributed by atoms with van der Waals surface area (Å²) < 4.78 is 24.7. The van der Waals surface area contributed by atoms with Crippen molar-refractivity contribution in [1.82, 2.24) is 4.90 Å². The first-order valence-electron chi connectivity index (χ1n) is 4.81. The average Bonchev–Trinajstić information content (AvgIpc) is 2.59. The lowest BCUT2D eigenvalue weighted by molar-refractivity contribution is -0.155. The minimum Gasteiger partial charge on any atom is -0.480 e. The fourth-order valence-corrected chi connectivity index (χ4v) is 3.10. The van der Waals surface area contributed by atoms with Gasteiger partial charge in [-0.15, -0.1) is 11.8 Å². The molecule has 92 valence electrons. The van der Waals surface area contributed by atoms with E-state index < -0.39 is 29.7 Å². The number of aliphatic carboxylic acids is 1. The maximum absolute atomic E-state index is 12.4. The van der Waals surface area contributed by atoms with Crippen molar-refractivity contribution in [2.75, 3.05) is 5.75 Å². The second kappa shape index (κ2) is 4.99. The summed E-state index contributed by atoms with van der Waals surface area (Å²) in [6.07, 6.45) is -3.15. The van der Waals surface area contributed by atoms with Crippen LogP contribution in [-0.4, -0.2) is 45.5 Å². The first-order chi connectivity index (χ1) is 7.36. The third kappa shape index (κ3) is 2.45. The molecule has 16 heavy (non-hydrogen) atoms. The Kier molecular flexibility index (Phi) is 4.12. The summed E-state index contributed by atoms with van der Waals surface area (Å²) in [5.41, 5.74) is 0. The smallest absolute Gasteiger partial charge is 0.327 e. The van der Waals surface area contributed by atoms with Crippen LogP contribution in [0.15, 0.2) is 0 Å². The standard InChI is InChI=1S/C9H13F2NO3S/c1-4(2)8-12(7(13)6(10)11)5(3-16-8)9(14)15/h4-6,8H,3H2,1-2H3,(H,14,15). The number of carbonyl (C=O) groups is 2. The number of nitrogens with zero attached hydrogens (tertiary/aromatic N) is 1. The zero-order valence-corrected chi connectivity index (χ0v) is 9.71. The molecule has 2 unspecified atom stereocenters. The van der Waals surface area contributed by atoms with Crippen LogP contribution < -0.4 is 0 Å². The highest BCUT2D eigenvalue weighted by Crippen LogP contribution is 2.34. The first kappa shape index (κ1) is 13.2. The van der Waals surface area contributed by atoms with E-state index in [0.717, 1.165) is 4.90 Å². The number of rotatable bonds is 3. The number of thioether (sulfide) groups is 1. The van der Waals surface area contributed by atoms with Crippen molar-refractivity contribution in [2.45, 2.75) is 31.7 Å². The molecule has 1 rings (SSSR count). The van der Waals surface area contributed by atoms with Crippen LogP contribution in [0.5, 0.6) is 0 Å². The van der Waals surface area contributed by atoms with Gasteiger partial charge in [-0.3, -0.25) is 4.79 Å². The Morgan fingerprint density at radius 1 is 1.44 bits per heavy atom. The molecule has 7 heteroatoms. The van der Waals surface area contributed by atoms with Crippen molar-refractivity contribution in [1.29, 1.82) is 0 Å². The molecule has 0 bridgehead atoms. The van der Waals surface area contributed by atoms with Crippen molar-refractivity contribution in [3.63, 3.8) is 0 Å². The van der Waals surface area contributed by atoms with Gasteiger partial charge >= 0.3 is 12.4 Å². The van der Waals surface area contributed by atoms with E-state index >= 15 is 0 Å². The lowest BCUT2D eigenvalue weighted by Crippen LogP contribution is -2.49. The van der Waals surface area contributed by atoms with Gasteiger partial charge in [0.1, 0.15) is 6.04 Å². The second-order valence-corrected chi connectivity index (χ2v) is 5.02. The molecule has 0 aromatic rings. The number of halogens is 2. The average molecular weight is 253 g/mol. The minimum atomic E-state index is -3.15. The molecular formula is C9H13F2NO3S. The zero-order chi connectivity index (χ0) is 12.5. The summed E-state index contributed by atoms with van der Waals surface area (Å²) in [5.74, 6) is -2.52. The Hall–Kier alpha value is -0.850. The van der Waals surface area contributed by atoms with Crippen LogP contribution >= 0.6 is 11.8 Å². The van der Waals surface area contributed by atoms with Gasteiger partial charge in [0.15, 0.2) is 0 Å². The van der Waals surface area contributed by atoms with Crippen LogP contribution in [0.4, 0.5) is 8.78 Å². The van der Waals surface area contributed by atoms with Crippen LogP contribution in [-0.2, 0) is 9.59 Å². The molecule has 1 aliphatic heterocycles. The molecule has 1 saturated heterocycles. The first-order valence-corrected chi connectivity index (χ1v) is 5.86. The normalized spacial score (nSPS) is 25.5. The number of carboxylic acid groups (broad SMARTS) is 1. The molecule has 1 N–H and O–H groups in total. The number of alkyl halides is 2. The van der Waals surface area contributed by atoms with Gasteiger partial charge in [0.25, 0.3) is 5.91 Å². The molecule has 0 saturated carbocycles. The summed E-state index contributed by atoms with van der Waals surface area (Å²) >= 11 is 1.23. The molecule has 0 radical (unpaired) electrons. The minimum absolute atomic E-state index is 0.0583. The van der Waals surface area contributed by atoms with E-state index in [9.17, 15) is 18.4 Å². The molecule has 1 heterocycles. The lowest BCUT2D eigenvalue weighted by atomic mass is 10.1. The monoisotopic (exact) mass is 253 g/mol. The van der Waals surface area contributed by atoms with E-state index in [1.54, 1.807) is 13.8 Å². The Morgan fingerprint density at radius 2 is 2.00 bits per heavy atom. The molecule has 0 spiro atoms. The Bertz CT molecular complexity index is 298. The van der Waals surface area contributed by atoms with E-state index in [1.807, 2.05) is 0 Å². The summed E-state index contributed by atoms with van der Waals surface area (Å²) in [6.45, 7) is 3.54. The molecule has 1 amide bonds. The van der Waals surface area contributed by atoms with Gasteiger partial charge in [0.2, 0.25) is 0 Å². The fraction of sp³-hybridized carbons (Fsp3) is 0.778. The van der Waals surface area contributed by atoms with Crippen molar-refractivity contribution < 1.29 is 23.5 Å². The summed E-state index contributed by atoms with van der Waals surface area (Å²) in [6, 6.07) is -1.14. The number of carbonyl (C=O) groups excluding carboxylic acids is 1. The van der Waals surface area contributed by atoms with Crippen molar-refractivity contribution in [3.05, 3.63) is 0 Å². The van der Waals surface area contributed by atoms with Gasteiger partial charge in [-0.25, -0.2) is 4.79 Å². The van der Waals surface area contributed by atoms with Gasteiger partial charge in [-0.2, -0.15) is 8.78 Å². The largest absolute Gasteiger partial charge is 0.480 e. The van der Waals surface area contributed by atoms with Crippen LogP contribution in [0, 0.1) is 5.92 Å². The summed E-state index contributed by atoms with van der Waals surface area (Å²) in [5, 5.41) is 8.38. The second-order valence-electron chi connectivity index (χ2n) is 3.87. The SMILES string of the molecule is CC(C)C1SCC(C(=O)O)N1C(=O)C(F)F. The topological polar surface area (TPSA) is 57.6 Å². The Morgan fingerprint density at radius 3 is 2.38 bits per heavy atom. The van der Waals surface area contributed by atoms with Crippen molar-refractivity contribution in [3.8, 4) is 0 Å². The molecule has 1 fully saturated rings. The van der Waals surface area contributed by atoms with Crippen LogP contribution in [0.3, 0.4) is 0 Å². The van der Waals surface area contributed by atoms with E-state index in [4.69, 9.17) is 5.11 Å². The summed E-state index contributed by atoms with van der Waals surface area (Å²) in [4.78, 5) is 22.9. The van der Waals surface area contributed by atoms with E-state index in [2.05, 4.69) is 0 Å². The van der Waals surface area contributed by atoms with Gasteiger partial charge in [-0.05, 0) is 5.92 Å². The number of hydrogen-bond donors (Lipinski definition) is 1. The van der Waals surface area contributed by atoms with Crippen LogP contribution in [0.2, 0.25) is 0 Å². The molecule has 4 nitrogen and oxygen atoms in total. The molecule has 2 atom stereocenters. The van der Waals surface area contributed by atoms with Gasteiger partial charge in [-0.1, -0.05) is 13.8 Å². The van der Waals surface area contributed by atoms with E-state index in [1.165, 1.54) is 11.8 Å². The van der Waals surface area contributed by atoms with E-state index in [-0.39, 0.29) is 11.7 Å². The molecule has 0 aromatic heterocycles. The summed E-state index contributed by atoms with van der Waals surface area (Å²) in [7, 11) is 0. The van der Waals surface area contributed by atoms with Gasteiger partial charge in [0, 0.05) is 5.75 Å². The van der Waals surface area contributed by atoms with Crippen LogP contribution in [0.25, 0.3) is 0 Å². The number of carboxylic acids is 1.